The van der Waals surface area contributed by atoms with Crippen LogP contribution in [0.1, 0.15) is 24.4 Å². The van der Waals surface area contributed by atoms with Crippen LogP contribution in [0.3, 0.4) is 0 Å². The van der Waals surface area contributed by atoms with Crippen LogP contribution in [0, 0.1) is 0 Å². The number of benzene rings is 1. The van der Waals surface area contributed by atoms with E-state index >= 15 is 0 Å². The molecule has 0 spiro atoms. The van der Waals surface area contributed by atoms with Crippen LogP contribution in [0.25, 0.3) is 0 Å². The predicted octanol–water partition coefficient (Wildman–Crippen LogP) is 1.62. The summed E-state index contributed by atoms with van der Waals surface area (Å²) in [6.45, 7) is 6.09. The van der Waals surface area contributed by atoms with E-state index in [0.717, 1.165) is 49.4 Å². The highest BCUT2D eigenvalue weighted by molar-refractivity contribution is 7.99. The number of ether oxygens (including phenoxy) is 1. The summed E-state index contributed by atoms with van der Waals surface area (Å²) in [4.78, 5) is 14.5. The molecule has 26 heavy (non-hydrogen) atoms. The number of rotatable bonds is 7. The third-order valence-electron chi connectivity index (χ3n) is 4.40. The van der Waals surface area contributed by atoms with Gasteiger partial charge in [-0.2, -0.15) is 0 Å². The van der Waals surface area contributed by atoms with Crippen molar-refractivity contribution in [3.63, 3.8) is 0 Å². The molecule has 1 fully saturated rings. The Labute approximate surface area is 158 Å². The molecule has 3 rings (SSSR count). The first kappa shape index (κ1) is 18.9. The number of aromatic nitrogens is 3. The van der Waals surface area contributed by atoms with Gasteiger partial charge in [0.2, 0.25) is 5.91 Å². The molecule has 2 heterocycles. The summed E-state index contributed by atoms with van der Waals surface area (Å²) in [6.07, 6.45) is 0. The number of thioether (sulfide) groups is 1. The molecule has 8 heteroatoms. The molecular formula is C18H25N5O2S. The number of morpholine rings is 1. The molecule has 1 aliphatic rings. The molecule has 1 saturated heterocycles. The summed E-state index contributed by atoms with van der Waals surface area (Å²) < 4.78 is 7.33. The summed E-state index contributed by atoms with van der Waals surface area (Å²) >= 11 is 1.41. The Hall–Kier alpha value is -1.90. The quantitative estimate of drug-likeness (QED) is 0.742. The maximum Gasteiger partial charge on any atom is 0.230 e. The van der Waals surface area contributed by atoms with Gasteiger partial charge in [-0.05, 0) is 12.5 Å². The van der Waals surface area contributed by atoms with Crippen molar-refractivity contribution in [3.8, 4) is 0 Å². The number of nitrogens with one attached hydrogen (secondary N) is 1. The van der Waals surface area contributed by atoms with Crippen molar-refractivity contribution in [2.45, 2.75) is 24.7 Å². The molecule has 140 valence electrons. The highest BCUT2D eigenvalue weighted by atomic mass is 32.2. The molecule has 0 unspecified atom stereocenters. The second kappa shape index (κ2) is 9.16. The van der Waals surface area contributed by atoms with Crippen molar-refractivity contribution < 1.29 is 9.53 Å². The number of hydrogen-bond donors (Lipinski definition) is 1. The normalized spacial score (nSPS) is 16.4. The molecule has 1 aromatic carbocycles. The monoisotopic (exact) mass is 375 g/mol. The van der Waals surface area contributed by atoms with Crippen molar-refractivity contribution in [2.24, 2.45) is 7.05 Å². The van der Waals surface area contributed by atoms with E-state index in [1.54, 1.807) is 0 Å². The molecule has 1 aromatic heterocycles. The zero-order valence-electron chi connectivity index (χ0n) is 15.2. The van der Waals surface area contributed by atoms with Gasteiger partial charge >= 0.3 is 0 Å². The lowest BCUT2D eigenvalue weighted by Crippen LogP contribution is -2.36. The molecule has 7 nitrogen and oxygen atoms in total. The van der Waals surface area contributed by atoms with Gasteiger partial charge in [-0.1, -0.05) is 42.1 Å². The van der Waals surface area contributed by atoms with Crippen LogP contribution in [-0.2, 0) is 23.1 Å². The first-order chi connectivity index (χ1) is 12.6. The summed E-state index contributed by atoms with van der Waals surface area (Å²) in [7, 11) is 1.95. The summed E-state index contributed by atoms with van der Waals surface area (Å²) in [5.41, 5.74) is 1.09. The second-order valence-corrected chi connectivity index (χ2v) is 7.28. The Balaban J connectivity index is 1.49. The Morgan fingerprint density at radius 1 is 1.27 bits per heavy atom. The third-order valence-corrected chi connectivity index (χ3v) is 5.42. The van der Waals surface area contributed by atoms with Gasteiger partial charge in [-0.25, -0.2) is 0 Å². The van der Waals surface area contributed by atoms with Crippen molar-refractivity contribution in [1.29, 1.82) is 0 Å². The minimum absolute atomic E-state index is 0.0101. The minimum atomic E-state index is -0.0133. The van der Waals surface area contributed by atoms with Crippen LogP contribution in [-0.4, -0.2) is 57.6 Å². The van der Waals surface area contributed by atoms with Gasteiger partial charge in [-0.3, -0.25) is 9.69 Å². The van der Waals surface area contributed by atoms with E-state index in [1.807, 2.05) is 48.9 Å². The average Bonchev–Trinajstić information content (AvgIpc) is 3.01. The van der Waals surface area contributed by atoms with Crippen LogP contribution in [0.5, 0.6) is 0 Å². The Morgan fingerprint density at radius 2 is 2.00 bits per heavy atom. The van der Waals surface area contributed by atoms with Gasteiger partial charge in [0, 0.05) is 20.1 Å². The second-order valence-electron chi connectivity index (χ2n) is 6.33. The zero-order valence-corrected chi connectivity index (χ0v) is 16.0. The fourth-order valence-corrected chi connectivity index (χ4v) is 3.55. The fraction of sp³-hybridized carbons (Fsp3) is 0.500. The predicted molar refractivity (Wildman–Crippen MR) is 101 cm³/mol. The molecule has 0 saturated carbocycles. The third kappa shape index (κ3) is 5.06. The minimum Gasteiger partial charge on any atom is -0.379 e. The molecular weight excluding hydrogens is 350 g/mol. The Bertz CT molecular complexity index is 716. The van der Waals surface area contributed by atoms with E-state index in [2.05, 4.69) is 20.4 Å². The lowest BCUT2D eigenvalue weighted by atomic mass is 10.1. The van der Waals surface area contributed by atoms with E-state index in [1.165, 1.54) is 11.8 Å². The van der Waals surface area contributed by atoms with Crippen molar-refractivity contribution in [1.82, 2.24) is 25.0 Å². The first-order valence-corrected chi connectivity index (χ1v) is 9.77. The molecule has 0 bridgehead atoms. The van der Waals surface area contributed by atoms with Crippen LogP contribution in [0.15, 0.2) is 35.5 Å². The van der Waals surface area contributed by atoms with Gasteiger partial charge in [0.05, 0.1) is 31.6 Å². The average molecular weight is 375 g/mol. The standard InChI is InChI=1S/C18H25N5O2S/c1-14(15-6-4-3-5-7-15)19-17(24)13-26-18-21-20-16(22(18)2)12-23-8-10-25-11-9-23/h3-7,14H,8-13H2,1-2H3,(H,19,24)/t14-/m0/s1. The summed E-state index contributed by atoms with van der Waals surface area (Å²) in [5.74, 6) is 1.22. The van der Waals surface area contributed by atoms with E-state index in [9.17, 15) is 4.79 Å². The van der Waals surface area contributed by atoms with Gasteiger partial charge in [-0.15, -0.1) is 10.2 Å². The zero-order chi connectivity index (χ0) is 18.4. The molecule has 1 amide bonds. The van der Waals surface area contributed by atoms with Crippen molar-refractivity contribution >= 4 is 17.7 Å². The van der Waals surface area contributed by atoms with Gasteiger partial charge in [0.1, 0.15) is 5.82 Å². The van der Waals surface area contributed by atoms with Gasteiger partial charge in [0.15, 0.2) is 5.16 Å². The number of nitrogens with zero attached hydrogens (tertiary/aromatic N) is 4. The van der Waals surface area contributed by atoms with Crippen LogP contribution in [0.2, 0.25) is 0 Å². The molecule has 1 atom stereocenters. The number of amides is 1. The van der Waals surface area contributed by atoms with Crippen LogP contribution < -0.4 is 5.32 Å². The maximum absolute atomic E-state index is 12.2. The fourth-order valence-electron chi connectivity index (χ4n) is 2.81. The molecule has 1 aliphatic heterocycles. The Morgan fingerprint density at radius 3 is 2.73 bits per heavy atom. The van der Waals surface area contributed by atoms with Crippen LogP contribution >= 0.6 is 11.8 Å². The number of carbonyl (C=O) groups excluding carboxylic acids is 1. The molecule has 0 radical (unpaired) electrons. The molecule has 2 aromatic rings. The Kier molecular flexibility index (Phi) is 6.65. The summed E-state index contributed by atoms with van der Waals surface area (Å²) in [5, 5.41) is 12.3. The van der Waals surface area contributed by atoms with E-state index in [0.29, 0.717) is 5.75 Å². The molecule has 1 N–H and O–H groups in total. The van der Waals surface area contributed by atoms with E-state index in [-0.39, 0.29) is 11.9 Å². The van der Waals surface area contributed by atoms with Crippen molar-refractivity contribution in [3.05, 3.63) is 41.7 Å². The lowest BCUT2D eigenvalue weighted by molar-refractivity contribution is -0.119. The number of hydrogen-bond acceptors (Lipinski definition) is 6. The molecule has 0 aliphatic carbocycles. The lowest BCUT2D eigenvalue weighted by Gasteiger charge is -2.25. The van der Waals surface area contributed by atoms with Crippen molar-refractivity contribution in [2.75, 3.05) is 32.1 Å². The number of carbonyl (C=O) groups is 1. The largest absolute Gasteiger partial charge is 0.379 e. The smallest absolute Gasteiger partial charge is 0.230 e. The topological polar surface area (TPSA) is 72.3 Å². The first-order valence-electron chi connectivity index (χ1n) is 8.79. The van der Waals surface area contributed by atoms with Gasteiger partial charge < -0.3 is 14.6 Å². The van der Waals surface area contributed by atoms with E-state index in [4.69, 9.17) is 4.74 Å². The highest BCUT2D eigenvalue weighted by Crippen LogP contribution is 2.17. The SMILES string of the molecule is C[C@H](NC(=O)CSc1nnc(CN2CCOCC2)n1C)c1ccccc1. The van der Waals surface area contributed by atoms with Gasteiger partial charge in [0.25, 0.3) is 0 Å². The van der Waals surface area contributed by atoms with Crippen LogP contribution in [0.4, 0.5) is 0 Å². The maximum atomic E-state index is 12.2. The summed E-state index contributed by atoms with van der Waals surface area (Å²) in [6, 6.07) is 9.93. The highest BCUT2D eigenvalue weighted by Gasteiger charge is 2.17. The van der Waals surface area contributed by atoms with E-state index < -0.39 is 0 Å².